The van der Waals surface area contributed by atoms with Crippen molar-refractivity contribution >= 4 is 11.9 Å². The van der Waals surface area contributed by atoms with Gasteiger partial charge in [0.2, 0.25) is 0 Å². The lowest BCUT2D eigenvalue weighted by atomic mass is 10.2. The number of hydrogen-bond acceptors (Lipinski definition) is 5. The van der Waals surface area contributed by atoms with Crippen LogP contribution >= 0.6 is 0 Å². The van der Waals surface area contributed by atoms with Gasteiger partial charge in [-0.05, 0) is 13.8 Å². The fraction of sp³-hybridized carbons (Fsp3) is 0.750. The maximum atomic E-state index is 9.71. The van der Waals surface area contributed by atoms with Crippen LogP contribution in [-0.2, 0) is 9.59 Å². The Bertz CT molecular complexity index is 162. The maximum Gasteiger partial charge on any atom is 0.0711 e. The summed E-state index contributed by atoms with van der Waals surface area (Å²) in [6.45, 7) is 6.03. The molecule has 0 bridgehead atoms. The fourth-order valence-corrected chi connectivity index (χ4v) is 0.263. The third-order valence-corrected chi connectivity index (χ3v) is 0.689. The van der Waals surface area contributed by atoms with Gasteiger partial charge < -0.3 is 37.0 Å². The standard InChI is InChI=1S/C4H7NO4.2C2H7N/c5-2(4(8)9)1-3(6)7;2*1-2-3/h2H,1,5H2,(H,6,7)(H,8,9);2*2-3H2,1H3/t2-;;/m0../s1. The van der Waals surface area contributed by atoms with Crippen molar-refractivity contribution in [3.8, 4) is 0 Å². The minimum absolute atomic E-state index is 0.706. The molecule has 7 nitrogen and oxygen atoms in total. The summed E-state index contributed by atoms with van der Waals surface area (Å²) >= 11 is 0. The molecule has 0 radical (unpaired) electrons. The summed E-state index contributed by atoms with van der Waals surface area (Å²) in [5.74, 6) is -3.08. The van der Waals surface area contributed by atoms with Crippen molar-refractivity contribution in [1.29, 1.82) is 0 Å². The van der Waals surface area contributed by atoms with Crippen LogP contribution in [-0.4, -0.2) is 31.1 Å². The van der Waals surface area contributed by atoms with Gasteiger partial charge in [0.15, 0.2) is 0 Å². The molecule has 0 amide bonds. The number of aliphatic carboxylic acids is 2. The van der Waals surface area contributed by atoms with Gasteiger partial charge in [-0.2, -0.15) is 0 Å². The predicted molar refractivity (Wildman–Crippen MR) is 49.5 cm³/mol. The van der Waals surface area contributed by atoms with E-state index < -0.39 is 24.4 Å². The van der Waals surface area contributed by atoms with E-state index in [0.29, 0.717) is 0 Å². The van der Waals surface area contributed by atoms with Gasteiger partial charge in [0.1, 0.15) is 0 Å². The third-order valence-electron chi connectivity index (χ3n) is 0.689. The molecule has 0 spiro atoms. The van der Waals surface area contributed by atoms with Gasteiger partial charge >= 0.3 is 0 Å². The molecule has 0 aliphatic rings. The van der Waals surface area contributed by atoms with E-state index in [9.17, 15) is 19.8 Å². The molecule has 1 atom stereocenters. The molecule has 0 aromatic carbocycles. The zero-order valence-electron chi connectivity index (χ0n) is 9.32. The Morgan fingerprint density at radius 1 is 1.20 bits per heavy atom. The molecular formula is C8H21N3O4. The number of hydrogen-bond donors (Lipinski definition) is 3. The lowest BCUT2D eigenvalue weighted by Crippen LogP contribution is -2.48. The third kappa shape index (κ3) is 32.3. The van der Waals surface area contributed by atoms with Gasteiger partial charge in [-0.1, -0.05) is 0 Å². The quantitative estimate of drug-likeness (QED) is 0.434. The van der Waals surface area contributed by atoms with Gasteiger partial charge in [0.05, 0.1) is 19.1 Å². The summed E-state index contributed by atoms with van der Waals surface area (Å²) < 4.78 is 0. The molecule has 0 unspecified atom stereocenters. The molecule has 0 saturated heterocycles. The molecule has 0 aliphatic heterocycles. The van der Waals surface area contributed by atoms with Crippen LogP contribution in [0.15, 0.2) is 0 Å². The molecule has 0 saturated carbocycles. The second kappa shape index (κ2) is 15.3. The summed E-state index contributed by atoms with van der Waals surface area (Å²) in [5.41, 5.74) is 11.7. The van der Waals surface area contributed by atoms with Crippen molar-refractivity contribution in [2.45, 2.75) is 26.3 Å². The van der Waals surface area contributed by atoms with Crippen molar-refractivity contribution in [1.82, 2.24) is 0 Å². The number of carbonyl (C=O) groups is 2. The van der Waals surface area contributed by atoms with Crippen molar-refractivity contribution in [2.75, 3.05) is 13.1 Å². The molecule has 92 valence electrons. The molecule has 15 heavy (non-hydrogen) atoms. The van der Waals surface area contributed by atoms with Crippen LogP contribution in [0.4, 0.5) is 0 Å². The topological polar surface area (TPSA) is 162 Å². The lowest BCUT2D eigenvalue weighted by Gasteiger charge is -2.11. The van der Waals surface area contributed by atoms with Gasteiger partial charge in [0.25, 0.3) is 0 Å². The molecule has 0 aromatic rings. The van der Waals surface area contributed by atoms with E-state index in [0.717, 1.165) is 13.1 Å². The first kappa shape index (κ1) is 19.4. The summed E-state index contributed by atoms with van der Waals surface area (Å²) in [7, 11) is 0. The average molecular weight is 223 g/mol. The largest absolute Gasteiger partial charge is 0.550 e. The zero-order valence-corrected chi connectivity index (χ0v) is 9.32. The predicted octanol–water partition coefficient (Wildman–Crippen LogP) is -5.30. The van der Waals surface area contributed by atoms with E-state index in [4.69, 9.17) is 5.73 Å². The molecule has 0 aliphatic carbocycles. The van der Waals surface area contributed by atoms with Gasteiger partial charge in [-0.15, -0.1) is 0 Å². The minimum Gasteiger partial charge on any atom is -0.550 e. The summed E-state index contributed by atoms with van der Waals surface area (Å²) in [6, 6.07) is -1.46. The normalized spacial score (nSPS) is 9.93. The summed E-state index contributed by atoms with van der Waals surface area (Å²) in [6.07, 6.45) is -0.706. The van der Waals surface area contributed by atoms with E-state index in [1.807, 2.05) is 13.8 Å². The molecule has 8 N–H and O–H groups in total. The monoisotopic (exact) mass is 223 g/mol. The molecular weight excluding hydrogens is 202 g/mol. The van der Waals surface area contributed by atoms with Crippen molar-refractivity contribution in [3.05, 3.63) is 0 Å². The number of carbonyl (C=O) groups excluding carboxylic acids is 2. The van der Waals surface area contributed by atoms with Crippen LogP contribution < -0.4 is 27.4 Å². The van der Waals surface area contributed by atoms with E-state index in [1.165, 1.54) is 0 Å². The van der Waals surface area contributed by atoms with Crippen LogP contribution in [0.5, 0.6) is 0 Å². The SMILES string of the molecule is CC[NH3+].CC[NH3+].N[C@@H](CC(=O)[O-])C(=O)[O-]. The Morgan fingerprint density at radius 2 is 1.47 bits per heavy atom. The highest BCUT2D eigenvalue weighted by atomic mass is 16.4. The Kier molecular flexibility index (Phi) is 19.8. The highest BCUT2D eigenvalue weighted by Gasteiger charge is 2.01. The number of carboxylic acid groups (broad SMARTS) is 2. The first-order chi connectivity index (χ1) is 6.87. The first-order valence-electron chi connectivity index (χ1n) is 4.61. The highest BCUT2D eigenvalue weighted by molar-refractivity contribution is 5.77. The van der Waals surface area contributed by atoms with Crippen LogP contribution in [0.2, 0.25) is 0 Å². The Hall–Kier alpha value is -1.18. The molecule has 0 fully saturated rings. The van der Waals surface area contributed by atoms with Gasteiger partial charge in [-0.3, -0.25) is 0 Å². The van der Waals surface area contributed by atoms with E-state index in [1.54, 1.807) is 0 Å². The van der Waals surface area contributed by atoms with Crippen LogP contribution in [0.3, 0.4) is 0 Å². The van der Waals surface area contributed by atoms with Crippen molar-refractivity contribution in [2.24, 2.45) is 5.73 Å². The van der Waals surface area contributed by atoms with Gasteiger partial charge in [0, 0.05) is 18.4 Å². The zero-order chi connectivity index (χ0) is 12.9. The highest BCUT2D eigenvalue weighted by Crippen LogP contribution is 1.81. The Morgan fingerprint density at radius 3 is 1.53 bits per heavy atom. The number of carboxylic acids is 2. The molecule has 0 aromatic heterocycles. The van der Waals surface area contributed by atoms with E-state index in [-0.39, 0.29) is 0 Å². The van der Waals surface area contributed by atoms with Crippen molar-refractivity contribution in [3.63, 3.8) is 0 Å². The minimum atomic E-state index is -1.58. The number of rotatable bonds is 3. The first-order valence-corrected chi connectivity index (χ1v) is 4.61. The van der Waals surface area contributed by atoms with Gasteiger partial charge in [-0.25, -0.2) is 0 Å². The summed E-state index contributed by atoms with van der Waals surface area (Å²) in [5, 5.41) is 19.3. The van der Waals surface area contributed by atoms with Crippen LogP contribution in [0.25, 0.3) is 0 Å². The second-order valence-electron chi connectivity index (χ2n) is 2.50. The Balaban J connectivity index is -0.000000200. The summed E-state index contributed by atoms with van der Waals surface area (Å²) in [4.78, 5) is 19.3. The van der Waals surface area contributed by atoms with E-state index >= 15 is 0 Å². The second-order valence-corrected chi connectivity index (χ2v) is 2.50. The number of nitrogens with two attached hydrogens (primary N) is 1. The molecule has 7 heteroatoms. The van der Waals surface area contributed by atoms with Crippen LogP contribution in [0, 0.1) is 0 Å². The van der Waals surface area contributed by atoms with E-state index in [2.05, 4.69) is 11.5 Å². The lowest BCUT2D eigenvalue weighted by molar-refractivity contribution is -0.362. The smallest absolute Gasteiger partial charge is 0.0711 e. The fourth-order valence-electron chi connectivity index (χ4n) is 0.263. The molecule has 0 heterocycles. The number of quaternary nitrogens is 2. The average Bonchev–Trinajstić information content (AvgIpc) is 2.05. The Labute approximate surface area is 89.2 Å². The molecule has 0 rings (SSSR count). The van der Waals surface area contributed by atoms with Crippen molar-refractivity contribution < 1.29 is 31.3 Å². The van der Waals surface area contributed by atoms with Crippen LogP contribution in [0.1, 0.15) is 20.3 Å². The maximum absolute atomic E-state index is 9.71.